The Bertz CT molecular complexity index is 497. The van der Waals surface area contributed by atoms with Gasteiger partial charge < -0.3 is 9.64 Å². The Labute approximate surface area is 120 Å². The second-order valence-corrected chi connectivity index (χ2v) is 5.79. The normalized spacial score (nSPS) is 15.6. The number of benzene rings is 1. The summed E-state index contributed by atoms with van der Waals surface area (Å²) < 4.78 is 3.67. The maximum atomic E-state index is 5.71. The Morgan fingerprint density at radius 1 is 1.28 bits per heavy atom. The van der Waals surface area contributed by atoms with Crippen LogP contribution in [0.4, 0.5) is 5.69 Å². The molecule has 1 aliphatic heterocycles. The summed E-state index contributed by atoms with van der Waals surface area (Å²) in [4.78, 5) is 9.96. The molecule has 0 saturated carbocycles. The first-order valence-corrected chi connectivity index (χ1v) is 6.21. The van der Waals surface area contributed by atoms with Crippen molar-refractivity contribution in [3.8, 4) is 5.75 Å². The molecule has 0 radical (unpaired) electrons. The fourth-order valence-electron chi connectivity index (χ4n) is 1.51. The number of ether oxygens (including phenoxy) is 1. The van der Waals surface area contributed by atoms with Crippen molar-refractivity contribution >= 4 is 52.7 Å². The largest absolute Gasteiger partial charge is 0.495 e. The molecule has 0 aliphatic carbocycles. The highest BCUT2D eigenvalue weighted by Gasteiger charge is 2.29. The van der Waals surface area contributed by atoms with Gasteiger partial charge in [0, 0.05) is 0 Å². The monoisotopic (exact) mass is 305 g/mol. The lowest BCUT2D eigenvalue weighted by atomic mass is 10.3. The van der Waals surface area contributed by atoms with Gasteiger partial charge in [-0.25, -0.2) is 9.98 Å². The third-order valence-corrected chi connectivity index (χ3v) is 2.85. The molecule has 4 nitrogen and oxygen atoms in total. The minimum atomic E-state index is -1.59. The van der Waals surface area contributed by atoms with Crippen molar-refractivity contribution < 1.29 is 4.74 Å². The van der Waals surface area contributed by atoms with E-state index in [4.69, 9.17) is 39.5 Å². The average Bonchev–Trinajstić information content (AvgIpc) is 2.38. The molecule has 1 aromatic carbocycles. The molecule has 0 atom stereocenters. The summed E-state index contributed by atoms with van der Waals surface area (Å²) in [5.74, 6) is 0.912. The van der Waals surface area contributed by atoms with Gasteiger partial charge in [-0.15, -0.1) is 0 Å². The van der Waals surface area contributed by atoms with Gasteiger partial charge in [0.15, 0.2) is 5.84 Å². The van der Waals surface area contributed by atoms with Crippen LogP contribution in [0.25, 0.3) is 0 Å². The number of rotatable bonds is 2. The van der Waals surface area contributed by atoms with Gasteiger partial charge in [-0.1, -0.05) is 46.9 Å². The van der Waals surface area contributed by atoms with E-state index in [1.54, 1.807) is 18.3 Å². The first kappa shape index (κ1) is 13.5. The maximum absolute atomic E-state index is 5.71. The smallest absolute Gasteiger partial charge is 0.249 e. The third-order valence-electron chi connectivity index (χ3n) is 2.34. The van der Waals surface area contributed by atoms with Crippen LogP contribution >= 0.6 is 34.8 Å². The highest BCUT2D eigenvalue weighted by Crippen LogP contribution is 2.31. The van der Waals surface area contributed by atoms with Crippen molar-refractivity contribution in [3.05, 3.63) is 24.3 Å². The van der Waals surface area contributed by atoms with Crippen molar-refractivity contribution in [1.82, 2.24) is 0 Å². The van der Waals surface area contributed by atoms with Gasteiger partial charge in [0.25, 0.3) is 0 Å². The zero-order valence-electron chi connectivity index (χ0n) is 9.48. The number of aliphatic imine (C=N–C) groups is 2. The quantitative estimate of drug-likeness (QED) is 0.786. The SMILES string of the molecule is COc1ccccc1N1C=NC(C(Cl)(Cl)Cl)=NC1. The Balaban J connectivity index is 2.21. The molecule has 0 fully saturated rings. The molecule has 7 heteroatoms. The number of amidine groups is 1. The van der Waals surface area contributed by atoms with Crippen LogP contribution < -0.4 is 9.64 Å². The summed E-state index contributed by atoms with van der Waals surface area (Å²) in [7, 11) is 1.61. The van der Waals surface area contributed by atoms with E-state index in [-0.39, 0.29) is 5.84 Å². The maximum Gasteiger partial charge on any atom is 0.249 e. The molecular formula is C11H10Cl3N3O. The third kappa shape index (κ3) is 2.88. The van der Waals surface area contributed by atoms with E-state index < -0.39 is 3.79 Å². The van der Waals surface area contributed by atoms with E-state index in [1.165, 1.54) is 0 Å². The number of methoxy groups -OCH3 is 1. The molecule has 18 heavy (non-hydrogen) atoms. The molecule has 0 N–H and O–H groups in total. The van der Waals surface area contributed by atoms with Crippen molar-refractivity contribution in [1.29, 1.82) is 0 Å². The Kier molecular flexibility index (Phi) is 4.00. The topological polar surface area (TPSA) is 37.2 Å². The van der Waals surface area contributed by atoms with Gasteiger partial charge in [-0.3, -0.25) is 0 Å². The van der Waals surface area contributed by atoms with Crippen LogP contribution in [0.3, 0.4) is 0 Å². The highest BCUT2D eigenvalue weighted by atomic mass is 35.6. The molecule has 0 bridgehead atoms. The predicted octanol–water partition coefficient (Wildman–Crippen LogP) is 3.27. The van der Waals surface area contributed by atoms with Gasteiger partial charge in [0.05, 0.1) is 19.1 Å². The summed E-state index contributed by atoms with van der Waals surface area (Å²) in [6.07, 6.45) is 1.57. The summed E-state index contributed by atoms with van der Waals surface area (Å²) in [5, 5.41) is 0. The first-order valence-electron chi connectivity index (χ1n) is 5.08. The molecule has 1 aromatic rings. The number of para-hydroxylation sites is 2. The van der Waals surface area contributed by atoms with Gasteiger partial charge >= 0.3 is 0 Å². The molecule has 96 valence electrons. The van der Waals surface area contributed by atoms with Gasteiger partial charge in [-0.2, -0.15) is 0 Å². The van der Waals surface area contributed by atoms with E-state index in [0.717, 1.165) is 11.4 Å². The molecule has 0 aromatic heterocycles. The first-order chi connectivity index (χ1) is 8.52. The fourth-order valence-corrected chi connectivity index (χ4v) is 1.84. The van der Waals surface area contributed by atoms with Crippen LogP contribution in [0, 0.1) is 0 Å². The van der Waals surface area contributed by atoms with Crippen LogP contribution in [0.1, 0.15) is 0 Å². The lowest BCUT2D eigenvalue weighted by molar-refractivity contribution is 0.415. The summed E-state index contributed by atoms with van der Waals surface area (Å²) in [5.41, 5.74) is 0.857. The van der Waals surface area contributed by atoms with E-state index in [1.807, 2.05) is 24.3 Å². The Morgan fingerprint density at radius 2 is 2.00 bits per heavy atom. The van der Waals surface area contributed by atoms with Crippen molar-refractivity contribution in [2.45, 2.75) is 3.79 Å². The van der Waals surface area contributed by atoms with E-state index >= 15 is 0 Å². The standard InChI is InChI=1S/C11H10Cl3N3O/c1-18-9-5-3-2-4-8(9)17-6-15-10(16-7-17)11(12,13)14/h2-6H,7H2,1H3. The Morgan fingerprint density at radius 3 is 2.56 bits per heavy atom. The second-order valence-electron chi connectivity index (χ2n) is 3.51. The minimum Gasteiger partial charge on any atom is -0.495 e. The van der Waals surface area contributed by atoms with Crippen LogP contribution in [-0.2, 0) is 0 Å². The number of nitrogens with zero attached hydrogens (tertiary/aromatic N) is 3. The summed E-state index contributed by atoms with van der Waals surface area (Å²) in [6, 6.07) is 7.55. The molecule has 0 spiro atoms. The van der Waals surface area contributed by atoms with E-state index in [0.29, 0.717) is 6.67 Å². The van der Waals surface area contributed by atoms with Crippen molar-refractivity contribution in [2.75, 3.05) is 18.7 Å². The second kappa shape index (κ2) is 5.34. The fraction of sp³-hybridized carbons (Fsp3) is 0.273. The molecule has 1 aliphatic rings. The molecule has 0 amide bonds. The van der Waals surface area contributed by atoms with E-state index in [9.17, 15) is 0 Å². The number of hydrogen-bond donors (Lipinski definition) is 0. The number of alkyl halides is 3. The lowest BCUT2D eigenvalue weighted by Crippen LogP contribution is -2.30. The summed E-state index contributed by atoms with van der Waals surface area (Å²) in [6.45, 7) is 0.327. The highest BCUT2D eigenvalue weighted by molar-refractivity contribution is 6.76. The molecule has 0 unspecified atom stereocenters. The van der Waals surface area contributed by atoms with E-state index in [2.05, 4.69) is 9.98 Å². The van der Waals surface area contributed by atoms with Crippen molar-refractivity contribution in [2.24, 2.45) is 9.98 Å². The number of hydrogen-bond acceptors (Lipinski definition) is 4. The van der Waals surface area contributed by atoms with Crippen LogP contribution in [0.15, 0.2) is 34.3 Å². The van der Waals surface area contributed by atoms with Gasteiger partial charge in [-0.05, 0) is 12.1 Å². The number of anilines is 1. The van der Waals surface area contributed by atoms with Crippen molar-refractivity contribution in [3.63, 3.8) is 0 Å². The molecule has 0 saturated heterocycles. The zero-order chi connectivity index (χ0) is 13.2. The zero-order valence-corrected chi connectivity index (χ0v) is 11.7. The minimum absolute atomic E-state index is 0.179. The van der Waals surface area contributed by atoms with Gasteiger partial charge in [0.1, 0.15) is 12.4 Å². The molecular weight excluding hydrogens is 296 g/mol. The van der Waals surface area contributed by atoms with Crippen LogP contribution in [0.2, 0.25) is 0 Å². The molecule has 1 heterocycles. The van der Waals surface area contributed by atoms with Crippen LogP contribution in [0.5, 0.6) is 5.75 Å². The van der Waals surface area contributed by atoms with Gasteiger partial charge in [0.2, 0.25) is 3.79 Å². The van der Waals surface area contributed by atoms with Crippen LogP contribution in [-0.4, -0.2) is 29.7 Å². The predicted molar refractivity (Wildman–Crippen MR) is 76.6 cm³/mol. The lowest BCUT2D eigenvalue weighted by Gasteiger charge is -2.24. The molecule has 2 rings (SSSR count). The average molecular weight is 307 g/mol. The number of halogens is 3. The Hall–Kier alpha value is -0.970. The summed E-state index contributed by atoms with van der Waals surface area (Å²) >= 11 is 17.1.